The molecule has 2 rings (SSSR count). The van der Waals surface area contributed by atoms with E-state index in [0.717, 1.165) is 6.07 Å². The number of morpholine rings is 1. The van der Waals surface area contributed by atoms with Gasteiger partial charge in [-0.1, -0.05) is 27.7 Å². The van der Waals surface area contributed by atoms with Gasteiger partial charge in [-0.05, 0) is 30.0 Å². The van der Waals surface area contributed by atoms with E-state index in [-0.39, 0.29) is 42.3 Å². The highest BCUT2D eigenvalue weighted by Crippen LogP contribution is 2.24. The van der Waals surface area contributed by atoms with E-state index in [0.29, 0.717) is 19.7 Å². The highest BCUT2D eigenvalue weighted by Gasteiger charge is 2.32. The van der Waals surface area contributed by atoms with Gasteiger partial charge in [0.1, 0.15) is 12.4 Å². The zero-order valence-electron chi connectivity index (χ0n) is 18.0. The molecule has 1 saturated heterocycles. The Morgan fingerprint density at radius 3 is 2.37 bits per heavy atom. The predicted molar refractivity (Wildman–Crippen MR) is 112 cm³/mol. The lowest BCUT2D eigenvalue weighted by Gasteiger charge is -2.31. The number of carbonyl (C=O) groups excluding carboxylic acids is 3. The van der Waals surface area contributed by atoms with Gasteiger partial charge in [0, 0.05) is 25.3 Å². The van der Waals surface area contributed by atoms with Gasteiger partial charge in [-0.3, -0.25) is 19.3 Å². The van der Waals surface area contributed by atoms with E-state index < -0.39 is 23.7 Å². The van der Waals surface area contributed by atoms with Gasteiger partial charge in [0.15, 0.2) is 6.04 Å². The number of halogens is 1. The Balaban J connectivity index is 2.19. The standard InChI is InChI=1S/C21H31FN4O4/c1-13(2)10-25(11-14(3)4)19(20(23)28)21(29)24-15-5-6-17(16(22)9-15)26-7-8-30-12-18(26)27/h5-6,9,13-14,19H,7-8,10-12H2,1-4H3,(H2,23,28)(H,24,29)/t19-/m1/s1. The fourth-order valence-corrected chi connectivity index (χ4v) is 3.49. The first kappa shape index (κ1) is 23.8. The Bertz CT molecular complexity index is 774. The van der Waals surface area contributed by atoms with E-state index in [2.05, 4.69) is 5.32 Å². The van der Waals surface area contributed by atoms with Crippen molar-refractivity contribution in [3.63, 3.8) is 0 Å². The molecule has 0 saturated carbocycles. The van der Waals surface area contributed by atoms with Gasteiger partial charge >= 0.3 is 0 Å². The molecule has 0 spiro atoms. The van der Waals surface area contributed by atoms with Gasteiger partial charge in [0.05, 0.1) is 12.3 Å². The third kappa shape index (κ3) is 6.24. The molecule has 1 atom stereocenters. The minimum atomic E-state index is -1.17. The summed E-state index contributed by atoms with van der Waals surface area (Å²) in [5.74, 6) is -1.91. The van der Waals surface area contributed by atoms with Gasteiger partial charge in [-0.2, -0.15) is 0 Å². The molecule has 30 heavy (non-hydrogen) atoms. The zero-order valence-corrected chi connectivity index (χ0v) is 18.0. The monoisotopic (exact) mass is 422 g/mol. The highest BCUT2D eigenvalue weighted by atomic mass is 19.1. The maximum Gasteiger partial charge on any atom is 0.253 e. The number of anilines is 2. The third-order valence-electron chi connectivity index (χ3n) is 4.57. The average Bonchev–Trinajstić information content (AvgIpc) is 2.61. The van der Waals surface area contributed by atoms with E-state index in [1.807, 2.05) is 27.7 Å². The van der Waals surface area contributed by atoms with Crippen LogP contribution in [-0.4, -0.2) is 61.5 Å². The number of amides is 3. The van der Waals surface area contributed by atoms with E-state index in [9.17, 15) is 18.8 Å². The van der Waals surface area contributed by atoms with Crippen molar-refractivity contribution in [3.8, 4) is 0 Å². The van der Waals surface area contributed by atoms with Crippen LogP contribution in [0.2, 0.25) is 0 Å². The molecule has 0 unspecified atom stereocenters. The quantitative estimate of drug-likeness (QED) is 0.588. The molecule has 1 heterocycles. The number of rotatable bonds is 9. The first-order chi connectivity index (χ1) is 14.1. The third-order valence-corrected chi connectivity index (χ3v) is 4.57. The number of nitrogens with zero attached hydrogens (tertiary/aromatic N) is 2. The Morgan fingerprint density at radius 2 is 1.87 bits per heavy atom. The maximum absolute atomic E-state index is 14.6. The van der Waals surface area contributed by atoms with Crippen molar-refractivity contribution in [2.45, 2.75) is 33.7 Å². The van der Waals surface area contributed by atoms with Crippen molar-refractivity contribution in [2.24, 2.45) is 17.6 Å². The molecule has 1 aliphatic rings. The molecule has 1 aromatic rings. The Kier molecular flexibility index (Phi) is 8.31. The normalized spacial score (nSPS) is 15.7. The number of hydrogen-bond donors (Lipinski definition) is 2. The molecule has 1 aromatic carbocycles. The van der Waals surface area contributed by atoms with Crippen molar-refractivity contribution in [2.75, 3.05) is 43.1 Å². The molecule has 3 N–H and O–H groups in total. The van der Waals surface area contributed by atoms with Crippen LogP contribution in [0.3, 0.4) is 0 Å². The van der Waals surface area contributed by atoms with Crippen molar-refractivity contribution in [1.82, 2.24) is 4.90 Å². The summed E-state index contributed by atoms with van der Waals surface area (Å²) in [4.78, 5) is 39.9. The van der Waals surface area contributed by atoms with Crippen LogP contribution in [0.1, 0.15) is 27.7 Å². The number of hydrogen-bond acceptors (Lipinski definition) is 5. The molecule has 1 aliphatic heterocycles. The lowest BCUT2D eigenvalue weighted by atomic mass is 10.1. The molecule has 0 radical (unpaired) electrons. The number of carbonyl (C=O) groups is 3. The van der Waals surface area contributed by atoms with Gasteiger partial charge in [-0.15, -0.1) is 0 Å². The summed E-state index contributed by atoms with van der Waals surface area (Å²) in [6.45, 7) is 9.48. The van der Waals surface area contributed by atoms with Crippen LogP contribution in [0.25, 0.3) is 0 Å². The van der Waals surface area contributed by atoms with Crippen LogP contribution in [0.4, 0.5) is 15.8 Å². The number of primary amides is 1. The van der Waals surface area contributed by atoms with Crippen molar-refractivity contribution < 1.29 is 23.5 Å². The zero-order chi connectivity index (χ0) is 22.4. The summed E-state index contributed by atoms with van der Waals surface area (Å²) in [6, 6.07) is 2.88. The average molecular weight is 423 g/mol. The van der Waals surface area contributed by atoms with Gasteiger partial charge in [0.25, 0.3) is 11.8 Å². The van der Waals surface area contributed by atoms with Crippen molar-refractivity contribution in [1.29, 1.82) is 0 Å². The first-order valence-electron chi connectivity index (χ1n) is 10.1. The van der Waals surface area contributed by atoms with Crippen LogP contribution in [0.15, 0.2) is 18.2 Å². The summed E-state index contributed by atoms with van der Waals surface area (Å²) in [7, 11) is 0. The Hall–Kier alpha value is -2.52. The van der Waals surface area contributed by atoms with E-state index in [1.165, 1.54) is 17.0 Å². The minimum Gasteiger partial charge on any atom is -0.370 e. The molecule has 0 aliphatic carbocycles. The van der Waals surface area contributed by atoms with Crippen LogP contribution in [0.5, 0.6) is 0 Å². The second-order valence-corrected chi connectivity index (χ2v) is 8.30. The Morgan fingerprint density at radius 1 is 1.23 bits per heavy atom. The largest absolute Gasteiger partial charge is 0.370 e. The molecule has 1 fully saturated rings. The molecule has 3 amide bonds. The minimum absolute atomic E-state index is 0.0975. The molecule has 8 nitrogen and oxygen atoms in total. The second-order valence-electron chi connectivity index (χ2n) is 8.30. The predicted octanol–water partition coefficient (Wildman–Crippen LogP) is 1.60. The number of nitrogens with two attached hydrogens (primary N) is 1. The Labute approximate surface area is 176 Å². The lowest BCUT2D eigenvalue weighted by Crippen LogP contribution is -2.54. The molecule has 0 bridgehead atoms. The fraction of sp³-hybridized carbons (Fsp3) is 0.571. The van der Waals surface area contributed by atoms with Crippen LogP contribution in [-0.2, 0) is 19.1 Å². The molecular formula is C21H31FN4O4. The molecule has 166 valence electrons. The van der Waals surface area contributed by atoms with Gasteiger partial charge < -0.3 is 20.7 Å². The number of nitrogens with one attached hydrogen (secondary N) is 1. The SMILES string of the molecule is CC(C)CN(CC(C)C)[C@H](C(N)=O)C(=O)Nc1ccc(N2CCOCC2=O)c(F)c1. The molecule has 0 aromatic heterocycles. The van der Waals surface area contributed by atoms with E-state index in [4.69, 9.17) is 10.5 Å². The van der Waals surface area contributed by atoms with Gasteiger partial charge in [0.2, 0.25) is 5.91 Å². The van der Waals surface area contributed by atoms with Crippen LogP contribution in [0, 0.1) is 17.7 Å². The lowest BCUT2D eigenvalue weighted by molar-refractivity contribution is -0.133. The van der Waals surface area contributed by atoms with Crippen LogP contribution < -0.4 is 16.0 Å². The molecule has 9 heteroatoms. The van der Waals surface area contributed by atoms with E-state index in [1.54, 1.807) is 4.90 Å². The summed E-state index contributed by atoms with van der Waals surface area (Å²) >= 11 is 0. The first-order valence-corrected chi connectivity index (χ1v) is 10.1. The molecular weight excluding hydrogens is 391 g/mol. The number of benzene rings is 1. The maximum atomic E-state index is 14.6. The fourth-order valence-electron chi connectivity index (χ4n) is 3.49. The van der Waals surface area contributed by atoms with Crippen LogP contribution >= 0.6 is 0 Å². The second kappa shape index (κ2) is 10.5. The van der Waals surface area contributed by atoms with E-state index >= 15 is 0 Å². The van der Waals surface area contributed by atoms with Crippen molar-refractivity contribution in [3.05, 3.63) is 24.0 Å². The summed E-state index contributed by atoms with van der Waals surface area (Å²) in [5.41, 5.74) is 5.84. The van der Waals surface area contributed by atoms with Crippen molar-refractivity contribution >= 4 is 29.1 Å². The summed E-state index contributed by atoms with van der Waals surface area (Å²) in [5, 5.41) is 2.58. The van der Waals surface area contributed by atoms with Gasteiger partial charge in [-0.25, -0.2) is 4.39 Å². The smallest absolute Gasteiger partial charge is 0.253 e. The highest BCUT2D eigenvalue weighted by molar-refractivity contribution is 6.09. The summed E-state index contributed by atoms with van der Waals surface area (Å²) in [6.07, 6.45) is 0. The topological polar surface area (TPSA) is 105 Å². The number of ether oxygens (including phenoxy) is 1. The summed E-state index contributed by atoms with van der Waals surface area (Å²) < 4.78 is 19.7.